The minimum Gasteiger partial charge on any atom is -0.492 e. The Labute approximate surface area is 198 Å². The van der Waals surface area contributed by atoms with Gasteiger partial charge in [0.2, 0.25) is 29.4 Å². The van der Waals surface area contributed by atoms with Gasteiger partial charge in [0.1, 0.15) is 18.7 Å². The first kappa shape index (κ1) is 26.7. The van der Waals surface area contributed by atoms with Gasteiger partial charge in [0, 0.05) is 37.2 Å². The summed E-state index contributed by atoms with van der Waals surface area (Å²) in [5.41, 5.74) is -0.765. The quantitative estimate of drug-likeness (QED) is 0.297. The van der Waals surface area contributed by atoms with Crippen LogP contribution in [0.5, 0.6) is 23.5 Å². The zero-order valence-corrected chi connectivity index (χ0v) is 19.1. The number of nitrogens with zero attached hydrogens (tertiary/aromatic N) is 3. The van der Waals surface area contributed by atoms with Crippen molar-refractivity contribution in [3.05, 3.63) is 24.3 Å². The molecule has 0 saturated carbocycles. The van der Waals surface area contributed by atoms with Crippen LogP contribution in [0.25, 0.3) is 0 Å². The molecule has 2 amide bonds. The van der Waals surface area contributed by atoms with Gasteiger partial charge in [0.05, 0.1) is 0 Å². The van der Waals surface area contributed by atoms with Crippen LogP contribution in [-0.4, -0.2) is 84.0 Å². The summed E-state index contributed by atoms with van der Waals surface area (Å²) >= 11 is 0. The third-order valence-electron chi connectivity index (χ3n) is 3.98. The zero-order valence-electron chi connectivity index (χ0n) is 19.1. The Hall–Kier alpha value is -4.56. The smallest absolute Gasteiger partial charge is 0.407 e. The van der Waals surface area contributed by atoms with Gasteiger partial charge in [-0.2, -0.15) is 0 Å². The number of ether oxygens (including phenoxy) is 1. The maximum absolute atomic E-state index is 12.7. The molecule has 0 spiro atoms. The number of nitrogens with one attached hydrogen (secondary N) is 1. The largest absolute Gasteiger partial charge is 0.492 e. The molecule has 0 fully saturated rings. The van der Waals surface area contributed by atoms with E-state index in [1.54, 1.807) is 20.8 Å². The van der Waals surface area contributed by atoms with Gasteiger partial charge in [-0.05, 0) is 20.8 Å². The molecule has 0 unspecified atom stereocenters. The second kappa shape index (κ2) is 11.0. The van der Waals surface area contributed by atoms with E-state index in [1.807, 2.05) is 0 Å². The van der Waals surface area contributed by atoms with E-state index in [1.165, 1.54) is 0 Å². The zero-order chi connectivity index (χ0) is 26.3. The average molecular weight is 498 g/mol. The van der Waals surface area contributed by atoms with Gasteiger partial charge >= 0.3 is 18.0 Å². The maximum atomic E-state index is 12.7. The molecule has 0 aliphatic rings. The molecular formula is C20H26N4O11. The lowest BCUT2D eigenvalue weighted by atomic mass is 10.2. The molecule has 15 heteroatoms. The highest BCUT2D eigenvalue weighted by Gasteiger charge is 2.25. The van der Waals surface area contributed by atoms with E-state index in [0.29, 0.717) is 14.4 Å². The van der Waals surface area contributed by atoms with E-state index in [4.69, 9.17) is 14.4 Å². The number of amides is 2. The van der Waals surface area contributed by atoms with Crippen LogP contribution in [0, 0.1) is 0 Å². The monoisotopic (exact) mass is 498 g/mol. The molecule has 0 aliphatic heterocycles. The summed E-state index contributed by atoms with van der Waals surface area (Å²) in [5, 5.41) is 40.7. The standard InChI is InChI=1S/C20H26N4O11/c1-20(2,3)33-19(32)21-9-8-12(25)22(10-17(30)34-23-13(26)4-5-14(23)27)11-18(31)35-24-15(28)6-7-16(24)29/h4-7,26-29H,8-11H2,1-3H3,(H,21,32). The molecule has 2 heterocycles. The first-order valence-electron chi connectivity index (χ1n) is 10.1. The van der Waals surface area contributed by atoms with Crippen molar-refractivity contribution in [1.29, 1.82) is 0 Å². The average Bonchev–Trinajstić information content (AvgIpc) is 3.22. The molecule has 5 N–H and O–H groups in total. The number of hydrogen-bond acceptors (Lipinski definition) is 11. The van der Waals surface area contributed by atoms with Crippen molar-refractivity contribution < 1.29 is 54.0 Å². The van der Waals surface area contributed by atoms with Gasteiger partial charge in [0.25, 0.3) is 0 Å². The second-order valence-corrected chi connectivity index (χ2v) is 8.04. The molecule has 35 heavy (non-hydrogen) atoms. The number of aromatic hydroxyl groups is 4. The Morgan fingerprint density at radius 2 is 1.23 bits per heavy atom. The fourth-order valence-corrected chi connectivity index (χ4v) is 2.54. The Balaban J connectivity index is 2.05. The number of hydrogen-bond donors (Lipinski definition) is 5. The normalized spacial score (nSPS) is 10.9. The molecule has 0 aliphatic carbocycles. The van der Waals surface area contributed by atoms with Crippen LogP contribution in [0.4, 0.5) is 4.79 Å². The van der Waals surface area contributed by atoms with Crippen molar-refractivity contribution >= 4 is 23.9 Å². The van der Waals surface area contributed by atoms with Gasteiger partial charge in [-0.3, -0.25) is 4.79 Å². The summed E-state index contributed by atoms with van der Waals surface area (Å²) in [5.74, 6) is -5.51. The van der Waals surface area contributed by atoms with E-state index in [-0.39, 0.29) is 13.0 Å². The van der Waals surface area contributed by atoms with Gasteiger partial charge < -0.3 is 45.1 Å². The van der Waals surface area contributed by atoms with Gasteiger partial charge in [-0.1, -0.05) is 0 Å². The fraction of sp³-hybridized carbons (Fsp3) is 0.400. The Morgan fingerprint density at radius 3 is 1.60 bits per heavy atom. The molecule has 15 nitrogen and oxygen atoms in total. The highest BCUT2D eigenvalue weighted by Crippen LogP contribution is 2.19. The topological polar surface area (TPSA) is 202 Å². The maximum Gasteiger partial charge on any atom is 0.407 e. The van der Waals surface area contributed by atoms with Crippen LogP contribution in [-0.2, 0) is 19.1 Å². The van der Waals surface area contributed by atoms with Crippen LogP contribution >= 0.6 is 0 Å². The van der Waals surface area contributed by atoms with E-state index in [2.05, 4.69) is 5.32 Å². The SMILES string of the molecule is CC(C)(C)OC(=O)NCCC(=O)N(CC(=O)On1c(O)ccc1O)CC(=O)On1c(O)ccc1O. The molecule has 2 aromatic heterocycles. The number of rotatable bonds is 9. The second-order valence-electron chi connectivity index (χ2n) is 8.04. The Kier molecular flexibility index (Phi) is 8.42. The minimum atomic E-state index is -1.15. The van der Waals surface area contributed by atoms with E-state index in [9.17, 15) is 39.6 Å². The first-order valence-corrected chi connectivity index (χ1v) is 10.1. The van der Waals surface area contributed by atoms with Crippen molar-refractivity contribution in [2.24, 2.45) is 0 Å². The predicted molar refractivity (Wildman–Crippen MR) is 114 cm³/mol. The first-order chi connectivity index (χ1) is 16.3. The summed E-state index contributed by atoms with van der Waals surface area (Å²) in [4.78, 5) is 59.2. The molecule has 0 atom stereocenters. The van der Waals surface area contributed by atoms with Crippen LogP contribution in [0.15, 0.2) is 24.3 Å². The van der Waals surface area contributed by atoms with E-state index >= 15 is 0 Å². The molecule has 192 valence electrons. The summed E-state index contributed by atoms with van der Waals surface area (Å²) < 4.78 is 5.83. The predicted octanol–water partition coefficient (Wildman–Crippen LogP) is -0.534. The van der Waals surface area contributed by atoms with Crippen molar-refractivity contribution in [3.63, 3.8) is 0 Å². The molecule has 2 rings (SSSR count). The molecular weight excluding hydrogens is 472 g/mol. The molecule has 0 saturated heterocycles. The lowest BCUT2D eigenvalue weighted by molar-refractivity contribution is -0.155. The Morgan fingerprint density at radius 1 is 0.829 bits per heavy atom. The van der Waals surface area contributed by atoms with Crippen molar-refractivity contribution in [2.75, 3.05) is 19.6 Å². The summed E-state index contributed by atoms with van der Waals surface area (Å²) in [7, 11) is 0. The number of alkyl carbamates (subject to hydrolysis) is 1. The van der Waals surface area contributed by atoms with Gasteiger partial charge in [0.15, 0.2) is 0 Å². The fourth-order valence-electron chi connectivity index (χ4n) is 2.54. The lowest BCUT2D eigenvalue weighted by Crippen LogP contribution is -2.44. The molecule has 0 radical (unpaired) electrons. The van der Waals surface area contributed by atoms with Crippen LogP contribution in [0.2, 0.25) is 0 Å². The molecule has 0 aromatic carbocycles. The Bertz CT molecular complexity index is 982. The number of aromatic nitrogens is 2. The van der Waals surface area contributed by atoms with E-state index in [0.717, 1.165) is 24.3 Å². The summed E-state index contributed by atoms with van der Waals surface area (Å²) in [6.45, 7) is 3.08. The van der Waals surface area contributed by atoms with E-state index < -0.39 is 66.1 Å². The van der Waals surface area contributed by atoms with Gasteiger partial charge in [-0.15, -0.1) is 9.46 Å². The third-order valence-corrected chi connectivity index (χ3v) is 3.98. The van der Waals surface area contributed by atoms with Crippen molar-refractivity contribution in [2.45, 2.75) is 32.8 Å². The lowest BCUT2D eigenvalue weighted by Gasteiger charge is -2.22. The number of carbonyl (C=O) groups is 4. The highest BCUT2D eigenvalue weighted by atomic mass is 16.7. The van der Waals surface area contributed by atoms with Crippen LogP contribution in [0.1, 0.15) is 27.2 Å². The number of carbonyl (C=O) groups excluding carboxylic acids is 4. The van der Waals surface area contributed by atoms with Crippen LogP contribution in [0.3, 0.4) is 0 Å². The van der Waals surface area contributed by atoms with Gasteiger partial charge in [-0.25, -0.2) is 14.4 Å². The molecule has 0 bridgehead atoms. The molecule has 2 aromatic rings. The van der Waals surface area contributed by atoms with Crippen molar-refractivity contribution in [1.82, 2.24) is 19.7 Å². The van der Waals surface area contributed by atoms with Crippen LogP contribution < -0.4 is 15.0 Å². The highest BCUT2D eigenvalue weighted by molar-refractivity contribution is 5.86. The summed E-state index contributed by atoms with van der Waals surface area (Å²) in [6, 6.07) is 4.17. The van der Waals surface area contributed by atoms with Crippen molar-refractivity contribution in [3.8, 4) is 23.5 Å². The minimum absolute atomic E-state index is 0.202. The summed E-state index contributed by atoms with van der Waals surface area (Å²) in [6.07, 6.45) is -1.15. The third kappa shape index (κ3) is 8.06.